The van der Waals surface area contributed by atoms with Crippen molar-refractivity contribution < 1.29 is 9.53 Å². The van der Waals surface area contributed by atoms with Gasteiger partial charge >= 0.3 is 0 Å². The average Bonchev–Trinajstić information content (AvgIpc) is 2.55. The summed E-state index contributed by atoms with van der Waals surface area (Å²) in [5.74, 6) is 0.272. The van der Waals surface area contributed by atoms with Gasteiger partial charge in [-0.2, -0.15) is 5.10 Å². The smallest absolute Gasteiger partial charge is 0.277 e. The summed E-state index contributed by atoms with van der Waals surface area (Å²) in [6.07, 6.45) is 1.61. The fraction of sp³-hybridized carbons (Fsp3) is 0.300. The first-order valence-electron chi connectivity index (χ1n) is 8.07. The van der Waals surface area contributed by atoms with Gasteiger partial charge in [-0.05, 0) is 47.2 Å². The summed E-state index contributed by atoms with van der Waals surface area (Å²) >= 11 is 5.95. The van der Waals surface area contributed by atoms with Crippen LogP contribution in [0.4, 0.5) is 0 Å². The largest absolute Gasteiger partial charge is 0.484 e. The second-order valence-electron chi connectivity index (χ2n) is 6.86. The topological polar surface area (TPSA) is 50.7 Å². The molecule has 25 heavy (non-hydrogen) atoms. The van der Waals surface area contributed by atoms with Crippen molar-refractivity contribution in [3.8, 4) is 5.75 Å². The van der Waals surface area contributed by atoms with Gasteiger partial charge in [0.15, 0.2) is 6.61 Å². The number of halogens is 1. The van der Waals surface area contributed by atoms with E-state index in [1.54, 1.807) is 24.4 Å². The minimum atomic E-state index is -0.324. The van der Waals surface area contributed by atoms with Crippen LogP contribution in [0.25, 0.3) is 0 Å². The normalized spacial score (nSPS) is 11.6. The molecule has 0 atom stereocenters. The van der Waals surface area contributed by atoms with Crippen LogP contribution in [-0.4, -0.2) is 18.7 Å². The van der Waals surface area contributed by atoms with Gasteiger partial charge in [-0.15, -0.1) is 0 Å². The average molecular weight is 359 g/mol. The predicted octanol–water partition coefficient (Wildman–Crippen LogP) is 4.48. The zero-order valence-corrected chi connectivity index (χ0v) is 15.7. The predicted molar refractivity (Wildman–Crippen MR) is 103 cm³/mol. The van der Waals surface area contributed by atoms with Gasteiger partial charge in [-0.1, -0.05) is 56.6 Å². The lowest BCUT2D eigenvalue weighted by atomic mass is 9.87. The zero-order chi connectivity index (χ0) is 18.4. The third kappa shape index (κ3) is 5.91. The van der Waals surface area contributed by atoms with E-state index in [4.69, 9.17) is 16.3 Å². The van der Waals surface area contributed by atoms with Crippen molar-refractivity contribution in [1.29, 1.82) is 0 Å². The molecule has 1 amide bonds. The number of nitrogens with one attached hydrogen (secondary N) is 1. The molecular formula is C20H23ClN2O2. The molecule has 0 spiro atoms. The van der Waals surface area contributed by atoms with E-state index in [0.29, 0.717) is 10.8 Å². The van der Waals surface area contributed by atoms with Gasteiger partial charge in [0.1, 0.15) is 5.75 Å². The minimum Gasteiger partial charge on any atom is -0.484 e. The molecule has 0 heterocycles. The van der Waals surface area contributed by atoms with Crippen LogP contribution in [0.5, 0.6) is 5.75 Å². The van der Waals surface area contributed by atoms with E-state index in [1.807, 2.05) is 19.1 Å². The number of carbonyl (C=O) groups is 1. The Morgan fingerprint density at radius 1 is 1.20 bits per heavy atom. The van der Waals surface area contributed by atoms with Crippen molar-refractivity contribution >= 4 is 23.7 Å². The zero-order valence-electron chi connectivity index (χ0n) is 15.0. The van der Waals surface area contributed by atoms with Crippen LogP contribution in [0.15, 0.2) is 47.6 Å². The molecular weight excluding hydrogens is 336 g/mol. The van der Waals surface area contributed by atoms with E-state index < -0.39 is 0 Å². The number of hydrogen-bond donors (Lipinski definition) is 1. The monoisotopic (exact) mass is 358 g/mol. The van der Waals surface area contributed by atoms with E-state index in [1.165, 1.54) is 5.56 Å². The third-order valence-corrected chi connectivity index (χ3v) is 4.10. The maximum absolute atomic E-state index is 11.8. The number of hydrogen-bond acceptors (Lipinski definition) is 3. The molecule has 1 N–H and O–H groups in total. The Balaban J connectivity index is 1.83. The van der Waals surface area contributed by atoms with Gasteiger partial charge in [0.2, 0.25) is 0 Å². The number of aryl methyl sites for hydroxylation is 1. The van der Waals surface area contributed by atoms with Crippen molar-refractivity contribution in [2.24, 2.45) is 5.10 Å². The molecule has 0 saturated carbocycles. The summed E-state index contributed by atoms with van der Waals surface area (Å²) in [7, 11) is 0. The number of carbonyl (C=O) groups excluding carboxylic acids is 1. The Hall–Kier alpha value is -2.33. The van der Waals surface area contributed by atoms with Crippen LogP contribution in [0.2, 0.25) is 5.02 Å². The van der Waals surface area contributed by atoms with E-state index >= 15 is 0 Å². The number of nitrogens with zero attached hydrogens (tertiary/aromatic N) is 1. The van der Waals surface area contributed by atoms with Crippen LogP contribution in [0.1, 0.15) is 37.5 Å². The molecule has 0 aliphatic rings. The Kier molecular flexibility index (Phi) is 6.21. The van der Waals surface area contributed by atoms with Crippen molar-refractivity contribution in [2.45, 2.75) is 33.1 Å². The molecule has 0 fully saturated rings. The molecule has 0 unspecified atom stereocenters. The molecule has 0 aromatic heterocycles. The standard InChI is InChI=1S/C20H23ClN2O2/c1-14-11-17(9-10-18(14)21)25-13-19(24)23-22-12-15-5-7-16(8-6-15)20(2,3)4/h5-12H,13H2,1-4H3,(H,23,24)/b22-12-. The number of rotatable bonds is 5. The van der Waals surface area contributed by atoms with Gasteiger partial charge in [-0.3, -0.25) is 4.79 Å². The van der Waals surface area contributed by atoms with Gasteiger partial charge in [-0.25, -0.2) is 5.43 Å². The van der Waals surface area contributed by atoms with E-state index in [-0.39, 0.29) is 17.9 Å². The van der Waals surface area contributed by atoms with Crippen molar-refractivity contribution in [3.05, 3.63) is 64.2 Å². The summed E-state index contributed by atoms with van der Waals surface area (Å²) in [5, 5.41) is 4.62. The molecule has 0 saturated heterocycles. The Morgan fingerprint density at radius 3 is 2.48 bits per heavy atom. The third-order valence-electron chi connectivity index (χ3n) is 3.68. The summed E-state index contributed by atoms with van der Waals surface area (Å²) in [5.41, 5.74) is 5.63. The second-order valence-corrected chi connectivity index (χ2v) is 7.27. The second kappa shape index (κ2) is 8.17. The molecule has 2 aromatic carbocycles. The van der Waals surface area contributed by atoms with Crippen LogP contribution in [-0.2, 0) is 10.2 Å². The van der Waals surface area contributed by atoms with Gasteiger partial charge in [0.25, 0.3) is 5.91 Å². The summed E-state index contributed by atoms with van der Waals surface area (Å²) < 4.78 is 5.41. The summed E-state index contributed by atoms with van der Waals surface area (Å²) in [4.78, 5) is 11.8. The molecule has 2 rings (SSSR count). The number of hydrazone groups is 1. The fourth-order valence-electron chi connectivity index (χ4n) is 2.14. The van der Waals surface area contributed by atoms with Crippen molar-refractivity contribution in [3.63, 3.8) is 0 Å². The first kappa shape index (κ1) is 19.0. The molecule has 0 radical (unpaired) electrons. The minimum absolute atomic E-state index is 0.110. The number of ether oxygens (including phenoxy) is 1. The first-order valence-corrected chi connectivity index (χ1v) is 8.45. The Labute approximate surface area is 153 Å². The maximum Gasteiger partial charge on any atom is 0.277 e. The highest BCUT2D eigenvalue weighted by atomic mass is 35.5. The Morgan fingerprint density at radius 2 is 1.88 bits per heavy atom. The molecule has 2 aromatic rings. The van der Waals surface area contributed by atoms with Crippen LogP contribution in [0.3, 0.4) is 0 Å². The molecule has 0 aliphatic carbocycles. The summed E-state index contributed by atoms with van der Waals surface area (Å²) in [6, 6.07) is 13.3. The van der Waals surface area contributed by atoms with Gasteiger partial charge < -0.3 is 4.74 Å². The highest BCUT2D eigenvalue weighted by Crippen LogP contribution is 2.22. The highest BCUT2D eigenvalue weighted by molar-refractivity contribution is 6.31. The Bertz CT molecular complexity index is 762. The van der Waals surface area contributed by atoms with Gasteiger partial charge in [0.05, 0.1) is 6.21 Å². The number of amides is 1. The molecule has 4 nitrogen and oxygen atoms in total. The van der Waals surface area contributed by atoms with E-state index in [0.717, 1.165) is 11.1 Å². The lowest BCUT2D eigenvalue weighted by molar-refractivity contribution is -0.123. The van der Waals surface area contributed by atoms with Gasteiger partial charge in [0, 0.05) is 5.02 Å². The van der Waals surface area contributed by atoms with E-state index in [9.17, 15) is 4.79 Å². The molecule has 0 bridgehead atoms. The maximum atomic E-state index is 11.8. The van der Waals surface area contributed by atoms with Crippen molar-refractivity contribution in [2.75, 3.05) is 6.61 Å². The molecule has 132 valence electrons. The molecule has 0 aliphatic heterocycles. The lowest BCUT2D eigenvalue weighted by Crippen LogP contribution is -2.24. The fourth-order valence-corrected chi connectivity index (χ4v) is 2.25. The van der Waals surface area contributed by atoms with Crippen LogP contribution >= 0.6 is 11.6 Å². The highest BCUT2D eigenvalue weighted by Gasteiger charge is 2.12. The van der Waals surface area contributed by atoms with Crippen molar-refractivity contribution in [1.82, 2.24) is 5.43 Å². The summed E-state index contributed by atoms with van der Waals surface area (Å²) in [6.45, 7) is 8.27. The van der Waals surface area contributed by atoms with Crippen LogP contribution < -0.4 is 10.2 Å². The quantitative estimate of drug-likeness (QED) is 0.633. The first-order chi connectivity index (χ1) is 11.8. The lowest BCUT2D eigenvalue weighted by Gasteiger charge is -2.18. The van der Waals surface area contributed by atoms with Crippen LogP contribution in [0, 0.1) is 6.92 Å². The molecule has 5 heteroatoms. The SMILES string of the molecule is Cc1cc(OCC(=O)N/N=C\c2ccc(C(C)(C)C)cc2)ccc1Cl. The van der Waals surface area contributed by atoms with E-state index in [2.05, 4.69) is 43.4 Å². The number of benzene rings is 2.